The van der Waals surface area contributed by atoms with E-state index < -0.39 is 0 Å². The molecule has 6 heteroatoms. The van der Waals surface area contributed by atoms with Gasteiger partial charge in [0, 0.05) is 24.1 Å². The fourth-order valence-electron chi connectivity index (χ4n) is 3.93. The highest BCUT2D eigenvalue weighted by Crippen LogP contribution is 2.27. The van der Waals surface area contributed by atoms with E-state index >= 15 is 0 Å². The minimum atomic E-state index is -0.348. The Morgan fingerprint density at radius 3 is 2.47 bits per heavy atom. The van der Waals surface area contributed by atoms with Gasteiger partial charge in [0.1, 0.15) is 11.6 Å². The largest absolute Gasteiger partial charge is 0.484 e. The summed E-state index contributed by atoms with van der Waals surface area (Å²) in [4.78, 5) is 25.3. The van der Waals surface area contributed by atoms with Crippen molar-refractivity contribution in [3.05, 3.63) is 112 Å². The van der Waals surface area contributed by atoms with E-state index in [9.17, 15) is 14.0 Å². The fourth-order valence-corrected chi connectivity index (χ4v) is 3.93. The van der Waals surface area contributed by atoms with Gasteiger partial charge < -0.3 is 14.6 Å². The van der Waals surface area contributed by atoms with Crippen molar-refractivity contribution >= 4 is 16.8 Å². The van der Waals surface area contributed by atoms with Gasteiger partial charge in [-0.1, -0.05) is 56.3 Å². The summed E-state index contributed by atoms with van der Waals surface area (Å²) in [5, 5.41) is 3.76. The Kier molecular flexibility index (Phi) is 7.07. The second kappa shape index (κ2) is 10.3. The van der Waals surface area contributed by atoms with Crippen LogP contribution in [0.15, 0.2) is 83.7 Å². The highest BCUT2D eigenvalue weighted by Gasteiger charge is 2.14. The lowest BCUT2D eigenvalue weighted by Crippen LogP contribution is -2.28. The molecular weight excluding hydrogens is 431 g/mol. The molecule has 0 aliphatic rings. The highest BCUT2D eigenvalue weighted by atomic mass is 19.1. The Labute approximate surface area is 197 Å². The number of aromatic nitrogens is 1. The van der Waals surface area contributed by atoms with E-state index in [1.807, 2.05) is 50.2 Å². The van der Waals surface area contributed by atoms with Crippen LogP contribution in [0.1, 0.15) is 36.5 Å². The van der Waals surface area contributed by atoms with Crippen LogP contribution in [0.4, 0.5) is 4.39 Å². The third-order valence-electron chi connectivity index (χ3n) is 5.67. The van der Waals surface area contributed by atoms with E-state index in [4.69, 9.17) is 4.74 Å². The van der Waals surface area contributed by atoms with Crippen molar-refractivity contribution in [3.8, 4) is 5.75 Å². The maximum absolute atomic E-state index is 13.7. The van der Waals surface area contributed by atoms with E-state index in [0.29, 0.717) is 23.4 Å². The Balaban J connectivity index is 1.58. The first-order valence-electron chi connectivity index (χ1n) is 11.3. The lowest BCUT2D eigenvalue weighted by atomic mass is 9.98. The Morgan fingerprint density at radius 1 is 0.971 bits per heavy atom. The summed E-state index contributed by atoms with van der Waals surface area (Å²) in [6.45, 7) is 4.58. The normalized spacial score (nSPS) is 11.1. The number of hydrogen-bond acceptors (Lipinski definition) is 3. The average molecular weight is 459 g/mol. The molecular formula is C28H27FN2O3. The number of hydrogen-bond donors (Lipinski definition) is 1. The Bertz CT molecular complexity index is 1360. The number of pyridine rings is 1. The third kappa shape index (κ3) is 5.52. The number of ether oxygens (including phenoxy) is 1. The first kappa shape index (κ1) is 23.2. The third-order valence-corrected chi connectivity index (χ3v) is 5.67. The summed E-state index contributed by atoms with van der Waals surface area (Å²) < 4.78 is 21.1. The van der Waals surface area contributed by atoms with E-state index in [-0.39, 0.29) is 36.4 Å². The van der Waals surface area contributed by atoms with Crippen LogP contribution in [0.25, 0.3) is 10.9 Å². The van der Waals surface area contributed by atoms with Crippen LogP contribution < -0.4 is 15.6 Å². The van der Waals surface area contributed by atoms with Gasteiger partial charge in [0.05, 0.1) is 12.1 Å². The van der Waals surface area contributed by atoms with Crippen LogP contribution in [0.5, 0.6) is 5.75 Å². The molecule has 0 fully saturated rings. The lowest BCUT2D eigenvalue weighted by Gasteiger charge is -2.17. The molecule has 0 radical (unpaired) electrons. The van der Waals surface area contributed by atoms with Gasteiger partial charge >= 0.3 is 0 Å². The molecule has 1 heterocycles. The summed E-state index contributed by atoms with van der Waals surface area (Å²) >= 11 is 0. The molecule has 0 aliphatic heterocycles. The van der Waals surface area contributed by atoms with Crippen molar-refractivity contribution < 1.29 is 13.9 Å². The molecule has 1 N–H and O–H groups in total. The number of nitrogens with one attached hydrogen (secondary N) is 1. The second-order valence-corrected chi connectivity index (χ2v) is 8.54. The number of benzene rings is 3. The number of carbonyl (C=O) groups excluding carboxylic acids is 1. The number of halogens is 1. The fraction of sp³-hybridized carbons (Fsp3) is 0.214. The molecule has 1 amide bonds. The summed E-state index contributed by atoms with van der Waals surface area (Å²) in [5.41, 5.74) is 3.14. The van der Waals surface area contributed by atoms with Gasteiger partial charge in [0.2, 0.25) is 0 Å². The van der Waals surface area contributed by atoms with Crippen LogP contribution in [0, 0.1) is 5.82 Å². The standard InChI is InChI=1S/C28H27FN2O3/c1-19(2)25-15-28(33)31(17-21-9-6-10-22(29)13-21)26-14-23(11-12-24(25)26)34-18-27(32)30-16-20-7-4-3-5-8-20/h3-15,19H,16-18H2,1-2H3,(H,30,32). The van der Waals surface area contributed by atoms with Crippen molar-refractivity contribution in [2.45, 2.75) is 32.9 Å². The maximum Gasteiger partial charge on any atom is 0.258 e. The SMILES string of the molecule is CC(C)c1cc(=O)n(Cc2cccc(F)c2)c2cc(OCC(=O)NCc3ccccc3)ccc12. The van der Waals surface area contributed by atoms with Crippen LogP contribution in [0.2, 0.25) is 0 Å². The number of nitrogens with zero attached hydrogens (tertiary/aromatic N) is 1. The molecule has 4 rings (SSSR count). The second-order valence-electron chi connectivity index (χ2n) is 8.54. The van der Waals surface area contributed by atoms with Gasteiger partial charge in [-0.05, 0) is 46.9 Å². The molecule has 0 spiro atoms. The first-order chi connectivity index (χ1) is 16.4. The molecule has 1 aromatic heterocycles. The summed E-state index contributed by atoms with van der Waals surface area (Å²) in [6.07, 6.45) is 0. The maximum atomic E-state index is 13.7. The predicted octanol–water partition coefficient (Wildman–Crippen LogP) is 5.01. The van der Waals surface area contributed by atoms with Crippen molar-refractivity contribution in [3.63, 3.8) is 0 Å². The zero-order chi connectivity index (χ0) is 24.1. The lowest BCUT2D eigenvalue weighted by molar-refractivity contribution is -0.123. The van der Waals surface area contributed by atoms with Crippen molar-refractivity contribution in [1.29, 1.82) is 0 Å². The van der Waals surface area contributed by atoms with Gasteiger partial charge in [0.15, 0.2) is 6.61 Å². The molecule has 5 nitrogen and oxygen atoms in total. The molecule has 0 atom stereocenters. The summed E-state index contributed by atoms with van der Waals surface area (Å²) in [5.74, 6) is 0.0430. The molecule has 4 aromatic rings. The molecule has 3 aromatic carbocycles. The van der Waals surface area contributed by atoms with Gasteiger partial charge in [-0.3, -0.25) is 9.59 Å². The number of carbonyl (C=O) groups is 1. The molecule has 174 valence electrons. The molecule has 0 saturated carbocycles. The summed E-state index contributed by atoms with van der Waals surface area (Å²) in [6, 6.07) is 23.0. The van der Waals surface area contributed by atoms with E-state index in [2.05, 4.69) is 5.32 Å². The molecule has 34 heavy (non-hydrogen) atoms. The molecule has 0 saturated heterocycles. The zero-order valence-electron chi connectivity index (χ0n) is 19.3. The van der Waals surface area contributed by atoms with Crippen LogP contribution in [-0.4, -0.2) is 17.1 Å². The molecule has 0 aliphatic carbocycles. The molecule has 0 bridgehead atoms. The van der Waals surface area contributed by atoms with Crippen LogP contribution in [0.3, 0.4) is 0 Å². The van der Waals surface area contributed by atoms with E-state index in [1.54, 1.807) is 34.9 Å². The Hall–Kier alpha value is -3.93. The molecule has 0 unspecified atom stereocenters. The predicted molar refractivity (Wildman–Crippen MR) is 132 cm³/mol. The van der Waals surface area contributed by atoms with Crippen LogP contribution >= 0.6 is 0 Å². The van der Waals surface area contributed by atoms with Gasteiger partial charge in [0.25, 0.3) is 11.5 Å². The van der Waals surface area contributed by atoms with E-state index in [0.717, 1.165) is 16.5 Å². The minimum Gasteiger partial charge on any atom is -0.484 e. The van der Waals surface area contributed by atoms with Gasteiger partial charge in [-0.15, -0.1) is 0 Å². The smallest absolute Gasteiger partial charge is 0.258 e. The zero-order valence-corrected chi connectivity index (χ0v) is 19.3. The Morgan fingerprint density at radius 2 is 1.74 bits per heavy atom. The highest BCUT2D eigenvalue weighted by molar-refractivity contribution is 5.85. The van der Waals surface area contributed by atoms with E-state index in [1.165, 1.54) is 12.1 Å². The monoisotopic (exact) mass is 458 g/mol. The number of amides is 1. The average Bonchev–Trinajstić information content (AvgIpc) is 2.83. The van der Waals surface area contributed by atoms with Crippen molar-refractivity contribution in [1.82, 2.24) is 9.88 Å². The minimum absolute atomic E-state index is 0.143. The topological polar surface area (TPSA) is 60.3 Å². The number of fused-ring (bicyclic) bond motifs is 1. The van der Waals surface area contributed by atoms with Gasteiger partial charge in [-0.25, -0.2) is 4.39 Å². The van der Waals surface area contributed by atoms with Crippen LogP contribution in [-0.2, 0) is 17.9 Å². The first-order valence-corrected chi connectivity index (χ1v) is 11.3. The van der Waals surface area contributed by atoms with Crippen molar-refractivity contribution in [2.24, 2.45) is 0 Å². The number of rotatable bonds is 8. The quantitative estimate of drug-likeness (QED) is 0.404. The summed E-state index contributed by atoms with van der Waals surface area (Å²) in [7, 11) is 0. The van der Waals surface area contributed by atoms with Crippen molar-refractivity contribution in [2.75, 3.05) is 6.61 Å². The van der Waals surface area contributed by atoms with Gasteiger partial charge in [-0.2, -0.15) is 0 Å².